The molecule has 98 valence electrons. The molecule has 2 amide bonds. The number of hydrogen-bond donors (Lipinski definition) is 2. The van der Waals surface area contributed by atoms with Gasteiger partial charge < -0.3 is 10.6 Å². The van der Waals surface area contributed by atoms with E-state index in [1.54, 1.807) is 36.7 Å². The summed E-state index contributed by atoms with van der Waals surface area (Å²) >= 11 is 0. The summed E-state index contributed by atoms with van der Waals surface area (Å²) in [6.07, 6.45) is 3.87. The maximum atomic E-state index is 12.7. The molecule has 1 heterocycles. The molecule has 2 rings (SSSR count). The first-order valence-corrected chi connectivity index (χ1v) is 5.93. The van der Waals surface area contributed by atoms with Gasteiger partial charge in [-0.05, 0) is 36.2 Å². The summed E-state index contributed by atoms with van der Waals surface area (Å²) in [5.74, 6) is -0.257. The maximum Gasteiger partial charge on any atom is 0.319 e. The van der Waals surface area contributed by atoms with Crippen LogP contribution in [0.5, 0.6) is 0 Å². The predicted octanol–water partition coefficient (Wildman–Crippen LogP) is 2.58. The lowest BCUT2D eigenvalue weighted by molar-refractivity contribution is 0.252. The lowest BCUT2D eigenvalue weighted by Crippen LogP contribution is -2.30. The van der Waals surface area contributed by atoms with Crippen LogP contribution < -0.4 is 10.6 Å². The number of amides is 2. The first-order chi connectivity index (χ1) is 9.24. The summed E-state index contributed by atoms with van der Waals surface area (Å²) in [5, 5.41) is 5.42. The molecule has 2 N–H and O–H groups in total. The number of hydrogen-bond acceptors (Lipinski definition) is 2. The van der Waals surface area contributed by atoms with Crippen molar-refractivity contribution in [3.05, 3.63) is 60.2 Å². The topological polar surface area (TPSA) is 54.0 Å². The van der Waals surface area contributed by atoms with E-state index in [0.29, 0.717) is 18.7 Å². The molecule has 0 unspecified atom stereocenters. The second-order valence-corrected chi connectivity index (χ2v) is 3.99. The Labute approximate surface area is 110 Å². The van der Waals surface area contributed by atoms with Gasteiger partial charge in [0.25, 0.3) is 0 Å². The van der Waals surface area contributed by atoms with Gasteiger partial charge in [0.2, 0.25) is 0 Å². The van der Waals surface area contributed by atoms with Gasteiger partial charge in [-0.3, -0.25) is 4.98 Å². The zero-order chi connectivity index (χ0) is 13.5. The number of carbonyl (C=O) groups excluding carboxylic acids is 1. The Hall–Kier alpha value is -2.43. The Morgan fingerprint density at radius 2 is 1.79 bits per heavy atom. The molecule has 0 spiro atoms. The first-order valence-electron chi connectivity index (χ1n) is 5.93. The molecule has 0 aliphatic rings. The molecule has 0 aliphatic carbocycles. The first kappa shape index (κ1) is 13.0. The largest absolute Gasteiger partial charge is 0.338 e. The Balaban J connectivity index is 1.74. The van der Waals surface area contributed by atoms with E-state index in [-0.39, 0.29) is 11.8 Å². The van der Waals surface area contributed by atoms with E-state index in [1.165, 1.54) is 12.1 Å². The van der Waals surface area contributed by atoms with Crippen LogP contribution in [0.3, 0.4) is 0 Å². The van der Waals surface area contributed by atoms with Crippen LogP contribution in [0.4, 0.5) is 14.9 Å². The van der Waals surface area contributed by atoms with Gasteiger partial charge in [0.15, 0.2) is 0 Å². The van der Waals surface area contributed by atoms with Crippen molar-refractivity contribution in [3.63, 3.8) is 0 Å². The Bertz CT molecular complexity index is 528. The molecule has 0 atom stereocenters. The van der Waals surface area contributed by atoms with E-state index < -0.39 is 0 Å². The SMILES string of the molecule is O=C(NCCc1ccc(F)cc1)Nc1ccncc1. The minimum absolute atomic E-state index is 0.257. The van der Waals surface area contributed by atoms with E-state index in [2.05, 4.69) is 15.6 Å². The summed E-state index contributed by atoms with van der Waals surface area (Å²) in [4.78, 5) is 15.4. The fourth-order valence-electron chi connectivity index (χ4n) is 1.58. The zero-order valence-electron chi connectivity index (χ0n) is 10.3. The maximum absolute atomic E-state index is 12.7. The quantitative estimate of drug-likeness (QED) is 0.886. The van der Waals surface area contributed by atoms with Crippen LogP contribution in [0.25, 0.3) is 0 Å². The molecule has 4 nitrogen and oxygen atoms in total. The third-order valence-corrected chi connectivity index (χ3v) is 2.55. The fourth-order valence-corrected chi connectivity index (χ4v) is 1.58. The molecule has 0 aliphatic heterocycles. The number of halogens is 1. The molecule has 1 aromatic heterocycles. The molecule has 2 aromatic rings. The number of aromatic nitrogens is 1. The number of urea groups is 1. The van der Waals surface area contributed by atoms with Gasteiger partial charge >= 0.3 is 6.03 Å². The van der Waals surface area contributed by atoms with Gasteiger partial charge in [0.1, 0.15) is 5.82 Å². The fraction of sp³-hybridized carbons (Fsp3) is 0.143. The normalized spacial score (nSPS) is 9.95. The highest BCUT2D eigenvalue weighted by molar-refractivity contribution is 5.89. The number of anilines is 1. The van der Waals surface area contributed by atoms with E-state index in [1.807, 2.05) is 0 Å². The van der Waals surface area contributed by atoms with E-state index in [0.717, 1.165) is 5.56 Å². The molecule has 5 heteroatoms. The Kier molecular flexibility index (Phi) is 4.44. The molecular weight excluding hydrogens is 245 g/mol. The van der Waals surface area contributed by atoms with Gasteiger partial charge in [-0.2, -0.15) is 0 Å². The minimum Gasteiger partial charge on any atom is -0.338 e. The number of nitrogens with zero attached hydrogens (tertiary/aromatic N) is 1. The average Bonchev–Trinajstić information content (AvgIpc) is 2.42. The van der Waals surface area contributed by atoms with Crippen molar-refractivity contribution >= 4 is 11.7 Å². The van der Waals surface area contributed by atoms with Crippen molar-refractivity contribution < 1.29 is 9.18 Å². The van der Waals surface area contributed by atoms with Gasteiger partial charge in [-0.15, -0.1) is 0 Å². The summed E-state index contributed by atoms with van der Waals surface area (Å²) in [6.45, 7) is 0.489. The van der Waals surface area contributed by atoms with Crippen LogP contribution in [0, 0.1) is 5.82 Å². The standard InChI is InChI=1S/C14H14FN3O/c15-12-3-1-11(2-4-12)5-10-17-14(19)18-13-6-8-16-9-7-13/h1-4,6-9H,5,10H2,(H2,16,17,18,19). The minimum atomic E-state index is -0.270. The molecule has 0 saturated heterocycles. The van der Waals surface area contributed by atoms with Crippen LogP contribution in [-0.2, 0) is 6.42 Å². The van der Waals surface area contributed by atoms with Crippen molar-refractivity contribution in [3.8, 4) is 0 Å². The van der Waals surface area contributed by atoms with Crippen LogP contribution in [0.15, 0.2) is 48.8 Å². The van der Waals surface area contributed by atoms with Crippen LogP contribution in [-0.4, -0.2) is 17.6 Å². The van der Waals surface area contributed by atoms with Gasteiger partial charge in [0, 0.05) is 24.6 Å². The van der Waals surface area contributed by atoms with Crippen molar-refractivity contribution in [2.24, 2.45) is 0 Å². The number of pyridine rings is 1. The molecule has 0 bridgehead atoms. The van der Waals surface area contributed by atoms with Gasteiger partial charge in [0.05, 0.1) is 0 Å². The average molecular weight is 259 g/mol. The highest BCUT2D eigenvalue weighted by atomic mass is 19.1. The second-order valence-electron chi connectivity index (χ2n) is 3.99. The van der Waals surface area contributed by atoms with Gasteiger partial charge in [-0.1, -0.05) is 12.1 Å². The number of nitrogens with one attached hydrogen (secondary N) is 2. The van der Waals surface area contributed by atoms with Crippen molar-refractivity contribution in [1.29, 1.82) is 0 Å². The van der Waals surface area contributed by atoms with Crippen LogP contribution in [0.1, 0.15) is 5.56 Å². The summed E-state index contributed by atoms with van der Waals surface area (Å²) in [6, 6.07) is 9.38. The van der Waals surface area contributed by atoms with Crippen LogP contribution >= 0.6 is 0 Å². The lowest BCUT2D eigenvalue weighted by atomic mass is 10.1. The summed E-state index contributed by atoms with van der Waals surface area (Å²) in [7, 11) is 0. The third kappa shape index (κ3) is 4.39. The van der Waals surface area contributed by atoms with Crippen molar-refractivity contribution in [2.75, 3.05) is 11.9 Å². The summed E-state index contributed by atoms with van der Waals surface area (Å²) < 4.78 is 12.7. The predicted molar refractivity (Wildman–Crippen MR) is 71.4 cm³/mol. The highest BCUT2D eigenvalue weighted by Gasteiger charge is 2.00. The van der Waals surface area contributed by atoms with E-state index in [9.17, 15) is 9.18 Å². The molecule has 19 heavy (non-hydrogen) atoms. The van der Waals surface area contributed by atoms with Crippen LogP contribution in [0.2, 0.25) is 0 Å². The molecule has 0 saturated carbocycles. The smallest absolute Gasteiger partial charge is 0.319 e. The molecule has 0 radical (unpaired) electrons. The second kappa shape index (κ2) is 6.49. The number of rotatable bonds is 4. The van der Waals surface area contributed by atoms with Gasteiger partial charge in [-0.25, -0.2) is 9.18 Å². The zero-order valence-corrected chi connectivity index (χ0v) is 10.3. The van der Waals surface area contributed by atoms with E-state index in [4.69, 9.17) is 0 Å². The number of benzene rings is 1. The molecule has 1 aromatic carbocycles. The highest BCUT2D eigenvalue weighted by Crippen LogP contribution is 2.04. The Morgan fingerprint density at radius 1 is 1.11 bits per heavy atom. The van der Waals surface area contributed by atoms with Crippen molar-refractivity contribution in [2.45, 2.75) is 6.42 Å². The van der Waals surface area contributed by atoms with Crippen molar-refractivity contribution in [1.82, 2.24) is 10.3 Å². The monoisotopic (exact) mass is 259 g/mol. The van der Waals surface area contributed by atoms with E-state index >= 15 is 0 Å². The summed E-state index contributed by atoms with van der Waals surface area (Å²) in [5.41, 5.74) is 1.67. The third-order valence-electron chi connectivity index (χ3n) is 2.55. The Morgan fingerprint density at radius 3 is 2.47 bits per heavy atom. The lowest BCUT2D eigenvalue weighted by Gasteiger charge is -2.07. The molecular formula is C14H14FN3O. The molecule has 0 fully saturated rings. The number of carbonyl (C=O) groups is 1.